The number of nitrogens with zero attached hydrogens (tertiary/aromatic N) is 1. The maximum Gasteiger partial charge on any atom is 0.228 e. The molecule has 104 valence electrons. The van der Waals surface area contributed by atoms with E-state index in [0.29, 0.717) is 23.3 Å². The van der Waals surface area contributed by atoms with Gasteiger partial charge in [-0.25, -0.2) is 0 Å². The molecule has 2 unspecified atom stereocenters. The van der Waals surface area contributed by atoms with Crippen LogP contribution in [0.25, 0.3) is 0 Å². The molecule has 0 radical (unpaired) electrons. The minimum absolute atomic E-state index is 0.144. The van der Waals surface area contributed by atoms with Gasteiger partial charge in [-0.3, -0.25) is 4.79 Å². The van der Waals surface area contributed by atoms with Crippen molar-refractivity contribution in [1.82, 2.24) is 4.90 Å². The van der Waals surface area contributed by atoms with E-state index in [2.05, 4.69) is 17.0 Å². The molecule has 0 aromatic heterocycles. The van der Waals surface area contributed by atoms with E-state index in [0.717, 1.165) is 18.6 Å². The van der Waals surface area contributed by atoms with Gasteiger partial charge in [-0.2, -0.15) is 0 Å². The van der Waals surface area contributed by atoms with Gasteiger partial charge in [0.05, 0.1) is 12.6 Å². The van der Waals surface area contributed by atoms with Crippen LogP contribution in [0, 0.1) is 17.3 Å². The SMILES string of the molecule is O=C1[C@@H]2CC3(CC3)C[C@@H]2C2COC(c3ccccc3)N12. The summed E-state index contributed by atoms with van der Waals surface area (Å²) in [5.74, 6) is 1.20. The second kappa shape index (κ2) is 3.64. The summed E-state index contributed by atoms with van der Waals surface area (Å²) in [4.78, 5) is 14.9. The van der Waals surface area contributed by atoms with Gasteiger partial charge in [0.2, 0.25) is 5.91 Å². The highest BCUT2D eigenvalue weighted by atomic mass is 16.5. The topological polar surface area (TPSA) is 29.5 Å². The molecule has 4 fully saturated rings. The lowest BCUT2D eigenvalue weighted by molar-refractivity contribution is -0.137. The van der Waals surface area contributed by atoms with Crippen molar-refractivity contribution >= 4 is 5.91 Å². The average Bonchev–Trinajstić information content (AvgIpc) is 2.83. The van der Waals surface area contributed by atoms with Gasteiger partial charge in [-0.15, -0.1) is 0 Å². The molecule has 4 atom stereocenters. The molecule has 0 N–H and O–H groups in total. The molecular weight excluding hydrogens is 250 g/mol. The zero-order valence-corrected chi connectivity index (χ0v) is 11.5. The monoisotopic (exact) mass is 269 g/mol. The van der Waals surface area contributed by atoms with Crippen LogP contribution in [0.3, 0.4) is 0 Å². The number of amides is 1. The molecule has 2 aliphatic heterocycles. The Morgan fingerprint density at radius 3 is 2.70 bits per heavy atom. The molecule has 0 bridgehead atoms. The van der Waals surface area contributed by atoms with Crippen LogP contribution in [0.5, 0.6) is 0 Å². The normalized spacial score (nSPS) is 40.2. The molecule has 20 heavy (non-hydrogen) atoms. The van der Waals surface area contributed by atoms with E-state index in [1.165, 1.54) is 19.3 Å². The Labute approximate surface area is 118 Å². The quantitative estimate of drug-likeness (QED) is 0.784. The van der Waals surface area contributed by atoms with Crippen LogP contribution in [0.15, 0.2) is 30.3 Å². The zero-order valence-electron chi connectivity index (χ0n) is 11.5. The first-order chi connectivity index (χ1) is 9.77. The summed E-state index contributed by atoms with van der Waals surface area (Å²) in [6.45, 7) is 0.725. The van der Waals surface area contributed by atoms with Gasteiger partial charge in [-0.05, 0) is 37.0 Å². The first-order valence-corrected chi connectivity index (χ1v) is 7.76. The predicted octanol–water partition coefficient (Wildman–Crippen LogP) is 2.73. The van der Waals surface area contributed by atoms with Crippen molar-refractivity contribution < 1.29 is 9.53 Å². The van der Waals surface area contributed by atoms with E-state index in [-0.39, 0.29) is 12.1 Å². The Morgan fingerprint density at radius 1 is 1.15 bits per heavy atom. The molecule has 1 aromatic rings. The minimum atomic E-state index is -0.144. The summed E-state index contributed by atoms with van der Waals surface area (Å²) in [5, 5.41) is 0. The van der Waals surface area contributed by atoms with Gasteiger partial charge in [0.1, 0.15) is 0 Å². The zero-order chi connectivity index (χ0) is 13.3. The van der Waals surface area contributed by atoms with Gasteiger partial charge >= 0.3 is 0 Å². The molecule has 5 rings (SSSR count). The second-order valence-electron chi connectivity index (χ2n) is 7.09. The van der Waals surface area contributed by atoms with Crippen molar-refractivity contribution in [3.63, 3.8) is 0 Å². The maximum absolute atomic E-state index is 12.8. The molecule has 2 saturated heterocycles. The first-order valence-electron chi connectivity index (χ1n) is 7.76. The van der Waals surface area contributed by atoms with Crippen LogP contribution in [0.2, 0.25) is 0 Å². The molecule has 3 nitrogen and oxygen atoms in total. The summed E-state index contributed by atoms with van der Waals surface area (Å²) in [7, 11) is 0. The highest BCUT2D eigenvalue weighted by molar-refractivity contribution is 5.83. The van der Waals surface area contributed by atoms with E-state index < -0.39 is 0 Å². The Morgan fingerprint density at radius 2 is 1.95 bits per heavy atom. The average molecular weight is 269 g/mol. The molecule has 4 aliphatic rings. The number of hydrogen-bond acceptors (Lipinski definition) is 2. The van der Waals surface area contributed by atoms with Crippen LogP contribution in [-0.2, 0) is 9.53 Å². The van der Waals surface area contributed by atoms with E-state index >= 15 is 0 Å². The van der Waals surface area contributed by atoms with Crippen LogP contribution in [0.1, 0.15) is 37.5 Å². The van der Waals surface area contributed by atoms with Crippen LogP contribution >= 0.6 is 0 Å². The van der Waals surface area contributed by atoms with Crippen molar-refractivity contribution in [1.29, 1.82) is 0 Å². The van der Waals surface area contributed by atoms with Crippen LogP contribution in [0.4, 0.5) is 0 Å². The Kier molecular flexibility index (Phi) is 2.06. The third kappa shape index (κ3) is 1.37. The van der Waals surface area contributed by atoms with Gasteiger partial charge < -0.3 is 9.64 Å². The lowest BCUT2D eigenvalue weighted by Gasteiger charge is -2.25. The number of fused-ring (bicyclic) bond motifs is 3. The number of rotatable bonds is 1. The summed E-state index contributed by atoms with van der Waals surface area (Å²) in [6.07, 6.45) is 4.96. The third-order valence-electron chi connectivity index (χ3n) is 5.98. The van der Waals surface area contributed by atoms with E-state index in [4.69, 9.17) is 4.74 Å². The van der Waals surface area contributed by atoms with E-state index in [1.54, 1.807) is 0 Å². The van der Waals surface area contributed by atoms with Crippen LogP contribution < -0.4 is 0 Å². The largest absolute Gasteiger partial charge is 0.352 e. The number of ether oxygens (including phenoxy) is 1. The highest BCUT2D eigenvalue weighted by Crippen LogP contribution is 2.65. The number of hydrogen-bond donors (Lipinski definition) is 0. The predicted molar refractivity (Wildman–Crippen MR) is 73.7 cm³/mol. The molecule has 1 aromatic carbocycles. The molecule has 2 saturated carbocycles. The fraction of sp³-hybridized carbons (Fsp3) is 0.588. The Hall–Kier alpha value is -1.35. The van der Waals surface area contributed by atoms with E-state index in [9.17, 15) is 4.79 Å². The summed E-state index contributed by atoms with van der Waals surface area (Å²) in [5.41, 5.74) is 1.67. The minimum Gasteiger partial charge on any atom is -0.352 e. The summed E-state index contributed by atoms with van der Waals surface area (Å²) in [6, 6.07) is 10.5. The number of carbonyl (C=O) groups is 1. The smallest absolute Gasteiger partial charge is 0.228 e. The van der Waals surface area contributed by atoms with Crippen molar-refractivity contribution in [2.75, 3.05) is 6.61 Å². The van der Waals surface area contributed by atoms with Crippen molar-refractivity contribution in [3.8, 4) is 0 Å². The molecule has 2 aliphatic carbocycles. The fourth-order valence-electron chi connectivity index (χ4n) is 4.80. The number of benzene rings is 1. The molecule has 1 amide bonds. The lowest BCUT2D eigenvalue weighted by atomic mass is 9.94. The Balaban J connectivity index is 1.47. The highest BCUT2D eigenvalue weighted by Gasteiger charge is 2.63. The van der Waals surface area contributed by atoms with Crippen molar-refractivity contribution in [2.24, 2.45) is 17.3 Å². The van der Waals surface area contributed by atoms with Gasteiger partial charge in [0.15, 0.2) is 6.23 Å². The van der Waals surface area contributed by atoms with Gasteiger partial charge in [0.25, 0.3) is 0 Å². The third-order valence-corrected chi connectivity index (χ3v) is 5.98. The molecule has 2 heterocycles. The molecule has 1 spiro atoms. The lowest BCUT2D eigenvalue weighted by Crippen LogP contribution is -2.34. The summed E-state index contributed by atoms with van der Waals surface area (Å²) < 4.78 is 5.98. The maximum atomic E-state index is 12.8. The Bertz CT molecular complexity index is 566. The first kappa shape index (κ1) is 11.3. The second-order valence-corrected chi connectivity index (χ2v) is 7.09. The van der Waals surface area contributed by atoms with Crippen molar-refractivity contribution in [2.45, 2.75) is 38.0 Å². The van der Waals surface area contributed by atoms with Crippen LogP contribution in [-0.4, -0.2) is 23.5 Å². The van der Waals surface area contributed by atoms with E-state index in [1.807, 2.05) is 18.2 Å². The number of carbonyl (C=O) groups excluding carboxylic acids is 1. The van der Waals surface area contributed by atoms with Crippen molar-refractivity contribution in [3.05, 3.63) is 35.9 Å². The van der Waals surface area contributed by atoms with Gasteiger partial charge in [0, 0.05) is 11.5 Å². The fourth-order valence-corrected chi connectivity index (χ4v) is 4.80. The summed E-state index contributed by atoms with van der Waals surface area (Å²) >= 11 is 0. The standard InChI is InChI=1S/C17H19NO2/c19-15-13-9-17(6-7-17)8-12(13)14-10-20-16(18(14)15)11-4-2-1-3-5-11/h1-5,12-14,16H,6-10H2/t12-,13+,14?,16?/m0/s1. The molecular formula is C17H19NO2. The molecule has 3 heteroatoms. The van der Waals surface area contributed by atoms with Gasteiger partial charge in [-0.1, -0.05) is 30.3 Å².